The predicted octanol–water partition coefficient (Wildman–Crippen LogP) is 3.66. The van der Waals surface area contributed by atoms with Gasteiger partial charge in [0.15, 0.2) is 11.5 Å². The van der Waals surface area contributed by atoms with E-state index in [2.05, 4.69) is 16.0 Å². The van der Waals surface area contributed by atoms with Crippen LogP contribution in [0.2, 0.25) is 0 Å². The van der Waals surface area contributed by atoms with Crippen molar-refractivity contribution < 1.29 is 14.3 Å². The number of carbonyl (C=O) groups excluding carboxylic acids is 1. The van der Waals surface area contributed by atoms with Crippen molar-refractivity contribution in [2.75, 3.05) is 33.8 Å². The molecule has 0 atom stereocenters. The Balaban J connectivity index is 1.54. The van der Waals surface area contributed by atoms with Crippen LogP contribution in [0.3, 0.4) is 0 Å². The second-order valence-corrected chi connectivity index (χ2v) is 8.09. The standard InChI is InChI=1S/C24H33N3O3/c1-18(2)30-22-9-8-19(17-23(22)29-4)24(28)26(3)21-11-15-27(16-12-21)14-10-20-7-5-6-13-25-20/h5-9,13,17-18,21H,10-12,14-16H2,1-4H3. The Bertz CT molecular complexity index is 818. The molecule has 0 aliphatic carbocycles. The second-order valence-electron chi connectivity index (χ2n) is 8.09. The van der Waals surface area contributed by atoms with Crippen molar-refractivity contribution in [2.45, 2.75) is 45.3 Å². The first-order chi connectivity index (χ1) is 14.5. The molecule has 2 heterocycles. The summed E-state index contributed by atoms with van der Waals surface area (Å²) < 4.78 is 11.2. The normalized spacial score (nSPS) is 15.2. The van der Waals surface area contributed by atoms with Gasteiger partial charge in [-0.3, -0.25) is 9.78 Å². The summed E-state index contributed by atoms with van der Waals surface area (Å²) >= 11 is 0. The third-order valence-electron chi connectivity index (χ3n) is 5.61. The van der Waals surface area contributed by atoms with E-state index in [0.29, 0.717) is 17.1 Å². The highest BCUT2D eigenvalue weighted by Gasteiger charge is 2.26. The van der Waals surface area contributed by atoms with Crippen LogP contribution in [0.15, 0.2) is 42.6 Å². The van der Waals surface area contributed by atoms with Gasteiger partial charge in [-0.05, 0) is 57.0 Å². The average molecular weight is 412 g/mol. The smallest absolute Gasteiger partial charge is 0.253 e. The van der Waals surface area contributed by atoms with E-state index in [1.807, 2.05) is 56.3 Å². The predicted molar refractivity (Wildman–Crippen MR) is 118 cm³/mol. The molecule has 3 rings (SSSR count). The van der Waals surface area contributed by atoms with Crippen LogP contribution in [0, 0.1) is 0 Å². The maximum atomic E-state index is 13.0. The molecule has 0 spiro atoms. The molecule has 1 aliphatic heterocycles. The van der Waals surface area contributed by atoms with Crippen LogP contribution in [0.1, 0.15) is 42.7 Å². The van der Waals surface area contributed by atoms with Gasteiger partial charge in [-0.25, -0.2) is 0 Å². The zero-order valence-corrected chi connectivity index (χ0v) is 18.5. The van der Waals surface area contributed by atoms with E-state index >= 15 is 0 Å². The fraction of sp³-hybridized carbons (Fsp3) is 0.500. The minimum absolute atomic E-state index is 0.0244. The molecule has 6 nitrogen and oxygen atoms in total. The average Bonchev–Trinajstić information content (AvgIpc) is 2.77. The van der Waals surface area contributed by atoms with Crippen molar-refractivity contribution in [3.05, 3.63) is 53.9 Å². The van der Waals surface area contributed by atoms with E-state index in [4.69, 9.17) is 9.47 Å². The SMILES string of the molecule is COc1cc(C(=O)N(C)C2CCN(CCc3ccccn3)CC2)ccc1OC(C)C. The number of hydrogen-bond acceptors (Lipinski definition) is 5. The summed E-state index contributed by atoms with van der Waals surface area (Å²) in [5.41, 5.74) is 1.76. The summed E-state index contributed by atoms with van der Waals surface area (Å²) in [5.74, 6) is 1.27. The Morgan fingerprint density at radius 1 is 1.20 bits per heavy atom. The number of methoxy groups -OCH3 is 1. The third kappa shape index (κ3) is 5.72. The van der Waals surface area contributed by atoms with Crippen LogP contribution in [0.4, 0.5) is 0 Å². The fourth-order valence-corrected chi connectivity index (χ4v) is 3.87. The first kappa shape index (κ1) is 22.1. The molecule has 162 valence electrons. The van der Waals surface area contributed by atoms with Gasteiger partial charge in [0.05, 0.1) is 13.2 Å². The number of rotatable bonds is 8. The lowest BCUT2D eigenvalue weighted by Gasteiger charge is -2.36. The number of likely N-dealkylation sites (tertiary alicyclic amines) is 1. The number of aromatic nitrogens is 1. The highest BCUT2D eigenvalue weighted by molar-refractivity contribution is 5.95. The van der Waals surface area contributed by atoms with Gasteiger partial charge in [0.1, 0.15) is 0 Å². The van der Waals surface area contributed by atoms with Gasteiger partial charge in [0.2, 0.25) is 0 Å². The summed E-state index contributed by atoms with van der Waals surface area (Å²) in [7, 11) is 3.50. The lowest BCUT2D eigenvalue weighted by molar-refractivity contribution is 0.0643. The largest absolute Gasteiger partial charge is 0.493 e. The highest BCUT2D eigenvalue weighted by atomic mass is 16.5. The second kappa shape index (κ2) is 10.4. The Labute approximate surface area is 179 Å². The van der Waals surface area contributed by atoms with Crippen molar-refractivity contribution >= 4 is 5.91 Å². The number of amides is 1. The summed E-state index contributed by atoms with van der Waals surface area (Å²) in [4.78, 5) is 21.8. The van der Waals surface area contributed by atoms with Crippen LogP contribution in [-0.2, 0) is 6.42 Å². The molecule has 2 aromatic rings. The van der Waals surface area contributed by atoms with Gasteiger partial charge in [0, 0.05) is 56.6 Å². The van der Waals surface area contributed by atoms with Crippen LogP contribution < -0.4 is 9.47 Å². The van der Waals surface area contributed by atoms with Crippen molar-refractivity contribution in [3.63, 3.8) is 0 Å². The number of nitrogens with zero attached hydrogens (tertiary/aromatic N) is 3. The molecule has 6 heteroatoms. The number of benzene rings is 1. The maximum absolute atomic E-state index is 13.0. The Hall–Kier alpha value is -2.60. The van der Waals surface area contributed by atoms with Crippen LogP contribution in [0.25, 0.3) is 0 Å². The number of carbonyl (C=O) groups is 1. The van der Waals surface area contributed by atoms with Crippen LogP contribution >= 0.6 is 0 Å². The van der Waals surface area contributed by atoms with E-state index in [-0.39, 0.29) is 18.1 Å². The minimum Gasteiger partial charge on any atom is -0.493 e. The van der Waals surface area contributed by atoms with Gasteiger partial charge < -0.3 is 19.3 Å². The van der Waals surface area contributed by atoms with Gasteiger partial charge >= 0.3 is 0 Å². The molecular formula is C24H33N3O3. The number of hydrogen-bond donors (Lipinski definition) is 0. The number of pyridine rings is 1. The lowest BCUT2D eigenvalue weighted by atomic mass is 10.0. The molecule has 0 radical (unpaired) electrons. The minimum atomic E-state index is 0.0244. The molecule has 1 amide bonds. The quantitative estimate of drug-likeness (QED) is 0.664. The van der Waals surface area contributed by atoms with E-state index in [0.717, 1.165) is 44.6 Å². The lowest BCUT2D eigenvalue weighted by Crippen LogP contribution is -2.46. The maximum Gasteiger partial charge on any atom is 0.253 e. The van der Waals surface area contributed by atoms with Crippen LogP contribution in [-0.4, -0.2) is 66.6 Å². The Kier molecular flexibility index (Phi) is 7.69. The topological polar surface area (TPSA) is 54.9 Å². The van der Waals surface area contributed by atoms with Gasteiger partial charge in [-0.15, -0.1) is 0 Å². The van der Waals surface area contributed by atoms with Crippen molar-refractivity contribution in [1.82, 2.24) is 14.8 Å². The molecule has 0 bridgehead atoms. The molecule has 0 saturated carbocycles. The van der Waals surface area contributed by atoms with E-state index in [1.54, 1.807) is 13.2 Å². The third-order valence-corrected chi connectivity index (χ3v) is 5.61. The monoisotopic (exact) mass is 411 g/mol. The molecule has 0 unspecified atom stereocenters. The number of ether oxygens (including phenoxy) is 2. The fourth-order valence-electron chi connectivity index (χ4n) is 3.87. The van der Waals surface area contributed by atoms with Crippen molar-refractivity contribution in [2.24, 2.45) is 0 Å². The molecule has 30 heavy (non-hydrogen) atoms. The number of piperidine rings is 1. The van der Waals surface area contributed by atoms with Crippen molar-refractivity contribution in [1.29, 1.82) is 0 Å². The van der Waals surface area contributed by atoms with Crippen LogP contribution in [0.5, 0.6) is 11.5 Å². The first-order valence-corrected chi connectivity index (χ1v) is 10.7. The van der Waals surface area contributed by atoms with Gasteiger partial charge in [0.25, 0.3) is 5.91 Å². The van der Waals surface area contributed by atoms with E-state index in [1.165, 1.54) is 0 Å². The Morgan fingerprint density at radius 3 is 2.60 bits per heavy atom. The first-order valence-electron chi connectivity index (χ1n) is 10.7. The van der Waals surface area contributed by atoms with Gasteiger partial charge in [-0.2, -0.15) is 0 Å². The molecule has 0 N–H and O–H groups in total. The van der Waals surface area contributed by atoms with Gasteiger partial charge in [-0.1, -0.05) is 6.07 Å². The molecule has 1 fully saturated rings. The highest BCUT2D eigenvalue weighted by Crippen LogP contribution is 2.30. The summed E-state index contributed by atoms with van der Waals surface area (Å²) in [6.45, 7) is 6.94. The molecule has 1 aliphatic rings. The van der Waals surface area contributed by atoms with E-state index < -0.39 is 0 Å². The van der Waals surface area contributed by atoms with Crippen molar-refractivity contribution in [3.8, 4) is 11.5 Å². The molecule has 1 aromatic carbocycles. The molecule has 1 saturated heterocycles. The summed E-state index contributed by atoms with van der Waals surface area (Å²) in [6, 6.07) is 11.7. The summed E-state index contributed by atoms with van der Waals surface area (Å²) in [5, 5.41) is 0. The summed E-state index contributed by atoms with van der Waals surface area (Å²) in [6.07, 6.45) is 4.82. The zero-order chi connectivity index (χ0) is 21.5. The zero-order valence-electron chi connectivity index (χ0n) is 18.5. The molecule has 1 aromatic heterocycles. The Morgan fingerprint density at radius 2 is 1.97 bits per heavy atom. The molecular weight excluding hydrogens is 378 g/mol. The van der Waals surface area contributed by atoms with E-state index in [9.17, 15) is 4.79 Å².